The number of alkyl halides is 5. The highest BCUT2D eigenvalue weighted by Crippen LogP contribution is 2.42. The van der Waals surface area contributed by atoms with Crippen molar-refractivity contribution in [1.82, 2.24) is 25.1 Å². The van der Waals surface area contributed by atoms with Gasteiger partial charge in [-0.25, -0.2) is 0 Å². The maximum absolute atomic E-state index is 13.7. The Morgan fingerprint density at radius 1 is 1.12 bits per heavy atom. The summed E-state index contributed by atoms with van der Waals surface area (Å²) in [4.78, 5) is 26.7. The number of fused-ring (bicyclic) bond motifs is 2. The number of nitrogens with zero attached hydrogens (tertiary/aromatic N) is 5. The third-order valence-corrected chi connectivity index (χ3v) is 4.71. The van der Waals surface area contributed by atoms with Gasteiger partial charge in [-0.1, -0.05) is 12.1 Å². The number of benzene rings is 1. The number of ether oxygens (including phenoxy) is 1. The normalized spacial score (nSPS) is 17.0. The van der Waals surface area contributed by atoms with Crippen LogP contribution in [0, 0.1) is 0 Å². The quantitative estimate of drug-likeness (QED) is 0.605. The van der Waals surface area contributed by atoms with Crippen molar-refractivity contribution in [2.45, 2.75) is 18.1 Å². The molecule has 1 N–H and O–H groups in total. The van der Waals surface area contributed by atoms with Crippen LogP contribution < -0.4 is 15.0 Å². The fourth-order valence-electron chi connectivity index (χ4n) is 3.02. The van der Waals surface area contributed by atoms with E-state index in [2.05, 4.69) is 20.6 Å². The van der Waals surface area contributed by atoms with Crippen molar-refractivity contribution in [2.24, 2.45) is 0 Å². The van der Waals surface area contributed by atoms with Gasteiger partial charge in [0.25, 0.3) is 11.8 Å². The molecule has 9 nitrogen and oxygen atoms in total. The second kappa shape index (κ2) is 7.39. The molecule has 1 aromatic carbocycles. The minimum Gasteiger partial charge on any atom is -0.489 e. The number of hydrogen-bond acceptors (Lipinski definition) is 6. The summed E-state index contributed by atoms with van der Waals surface area (Å²) >= 11 is 0. The second-order valence-electron chi connectivity index (χ2n) is 6.79. The van der Waals surface area contributed by atoms with Gasteiger partial charge < -0.3 is 15.0 Å². The highest BCUT2D eigenvalue weighted by atomic mass is 19.4. The molecule has 168 valence electrons. The van der Waals surface area contributed by atoms with Crippen LogP contribution in [0.15, 0.2) is 36.4 Å². The van der Waals surface area contributed by atoms with Gasteiger partial charge in [0.2, 0.25) is 5.82 Å². The Bertz CT molecular complexity index is 1210. The lowest BCUT2D eigenvalue weighted by atomic mass is 10.2. The van der Waals surface area contributed by atoms with E-state index in [1.54, 1.807) is 24.3 Å². The van der Waals surface area contributed by atoms with E-state index in [9.17, 15) is 31.5 Å². The van der Waals surface area contributed by atoms with Crippen molar-refractivity contribution < 1.29 is 36.3 Å². The molecule has 0 radical (unpaired) electrons. The lowest BCUT2D eigenvalue weighted by Crippen LogP contribution is -2.49. The number of nitrogens with one attached hydrogen (secondary N) is 1. The van der Waals surface area contributed by atoms with Crippen molar-refractivity contribution >= 4 is 23.1 Å². The van der Waals surface area contributed by atoms with Gasteiger partial charge in [-0.15, -0.1) is 10.2 Å². The fourth-order valence-corrected chi connectivity index (χ4v) is 3.02. The Labute approximate surface area is 175 Å². The molecule has 1 atom stereocenters. The first-order chi connectivity index (χ1) is 15.0. The van der Waals surface area contributed by atoms with Gasteiger partial charge in [-0.2, -0.15) is 31.6 Å². The average Bonchev–Trinajstić information content (AvgIpc) is 3.13. The van der Waals surface area contributed by atoms with Crippen LogP contribution in [0.4, 0.5) is 27.6 Å². The van der Waals surface area contributed by atoms with Gasteiger partial charge in [-0.05, 0) is 24.3 Å². The molecule has 0 spiro atoms. The molecule has 4 rings (SSSR count). The molecule has 1 aliphatic rings. The molecule has 0 bridgehead atoms. The van der Waals surface area contributed by atoms with Crippen molar-refractivity contribution in [3.05, 3.63) is 47.9 Å². The van der Waals surface area contributed by atoms with Gasteiger partial charge in [0.05, 0.1) is 5.69 Å². The monoisotopic (exact) mass is 456 g/mol. The smallest absolute Gasteiger partial charge is 0.459 e. The van der Waals surface area contributed by atoms with Crippen LogP contribution in [0.2, 0.25) is 0 Å². The zero-order valence-electron chi connectivity index (χ0n) is 16.1. The van der Waals surface area contributed by atoms with E-state index >= 15 is 0 Å². The number of para-hydroxylation sites is 2. The van der Waals surface area contributed by atoms with Crippen molar-refractivity contribution in [3.63, 3.8) is 0 Å². The van der Waals surface area contributed by atoms with Crippen LogP contribution in [-0.4, -0.2) is 57.5 Å². The maximum atomic E-state index is 13.7. The number of halogens is 5. The van der Waals surface area contributed by atoms with Crippen molar-refractivity contribution in [3.8, 4) is 5.75 Å². The van der Waals surface area contributed by atoms with Crippen LogP contribution in [0.3, 0.4) is 0 Å². The molecule has 0 aliphatic carbocycles. The summed E-state index contributed by atoms with van der Waals surface area (Å²) in [6.07, 6.45) is -5.90. The summed E-state index contributed by atoms with van der Waals surface area (Å²) in [7, 11) is 1.47. The lowest BCUT2D eigenvalue weighted by Gasteiger charge is -2.20. The average molecular weight is 456 g/mol. The van der Waals surface area contributed by atoms with Gasteiger partial charge in [-0.3, -0.25) is 9.59 Å². The predicted octanol–water partition coefficient (Wildman–Crippen LogP) is 1.93. The number of carbonyl (C=O) groups excluding carboxylic acids is 2. The zero-order chi connectivity index (χ0) is 23.3. The Morgan fingerprint density at radius 2 is 1.84 bits per heavy atom. The number of amides is 2. The minimum atomic E-state index is -5.90. The van der Waals surface area contributed by atoms with Crippen LogP contribution in [-0.2, 0) is 10.7 Å². The van der Waals surface area contributed by atoms with Gasteiger partial charge in [0.1, 0.15) is 24.1 Å². The maximum Gasteiger partial charge on any atom is 0.459 e. The first-order valence-corrected chi connectivity index (χ1v) is 8.98. The number of hydrogen-bond donors (Lipinski definition) is 1. The number of likely N-dealkylation sites (N-methyl/N-ethyl adjacent to an activating group) is 1. The first-order valence-electron chi connectivity index (χ1n) is 8.98. The molecule has 2 aromatic heterocycles. The Balaban J connectivity index is 1.62. The van der Waals surface area contributed by atoms with Crippen LogP contribution >= 0.6 is 0 Å². The van der Waals surface area contributed by atoms with E-state index in [4.69, 9.17) is 4.74 Å². The number of carbonyl (C=O) groups is 2. The van der Waals surface area contributed by atoms with Crippen molar-refractivity contribution in [2.75, 3.05) is 18.6 Å². The Kier molecular flexibility index (Phi) is 4.94. The summed E-state index contributed by atoms with van der Waals surface area (Å²) in [6, 6.07) is 6.69. The fraction of sp³-hybridized carbons (Fsp3) is 0.278. The molecule has 0 saturated carbocycles. The standard InChI is InChI=1S/C18H13F5N6O3/c1-28-10-4-2-3-5-11(10)32-8-9(16(28)31)24-15(30)14-26-25-13-7-6-12(27-29(13)14)17(19,20)18(21,22)23/h2-7,9H,8H2,1H3,(H,24,30). The van der Waals surface area contributed by atoms with E-state index in [1.165, 1.54) is 11.9 Å². The molecule has 3 heterocycles. The highest BCUT2D eigenvalue weighted by molar-refractivity contribution is 6.02. The minimum absolute atomic E-state index is 0.246. The molecule has 1 aliphatic heterocycles. The molecule has 32 heavy (non-hydrogen) atoms. The van der Waals surface area contributed by atoms with Crippen LogP contribution in [0.5, 0.6) is 5.75 Å². The molecule has 3 aromatic rings. The molecular formula is C18H13F5N6O3. The van der Waals surface area contributed by atoms with Crippen molar-refractivity contribution in [1.29, 1.82) is 0 Å². The van der Waals surface area contributed by atoms with Gasteiger partial charge in [0.15, 0.2) is 5.65 Å². The zero-order valence-corrected chi connectivity index (χ0v) is 16.1. The summed E-state index contributed by atoms with van der Waals surface area (Å²) in [5.41, 5.74) is -1.43. The van der Waals surface area contributed by atoms with Gasteiger partial charge in [0, 0.05) is 7.05 Å². The van der Waals surface area contributed by atoms with E-state index in [-0.39, 0.29) is 12.3 Å². The summed E-state index contributed by atoms with van der Waals surface area (Å²) in [6.45, 7) is -0.256. The summed E-state index contributed by atoms with van der Waals surface area (Å²) < 4.78 is 71.4. The second-order valence-corrected chi connectivity index (χ2v) is 6.79. The molecule has 1 unspecified atom stereocenters. The molecule has 0 fully saturated rings. The van der Waals surface area contributed by atoms with Crippen LogP contribution in [0.25, 0.3) is 5.65 Å². The Morgan fingerprint density at radius 3 is 2.56 bits per heavy atom. The number of rotatable bonds is 3. The highest BCUT2D eigenvalue weighted by Gasteiger charge is 2.60. The number of aromatic nitrogens is 4. The first kappa shape index (κ1) is 21.4. The molecular weight excluding hydrogens is 443 g/mol. The molecule has 14 heteroatoms. The molecule has 0 saturated heterocycles. The Hall–Kier alpha value is -3.84. The number of anilines is 1. The van der Waals surface area contributed by atoms with E-state index < -0.39 is 41.5 Å². The van der Waals surface area contributed by atoms with E-state index in [1.807, 2.05) is 0 Å². The summed E-state index contributed by atoms with van der Waals surface area (Å²) in [5.74, 6) is -7.17. The topological polar surface area (TPSA) is 102 Å². The van der Waals surface area contributed by atoms with E-state index in [0.29, 0.717) is 22.0 Å². The van der Waals surface area contributed by atoms with Gasteiger partial charge >= 0.3 is 12.1 Å². The van der Waals surface area contributed by atoms with Crippen LogP contribution in [0.1, 0.15) is 16.3 Å². The summed E-state index contributed by atoms with van der Waals surface area (Å²) in [5, 5.41) is 12.6. The third kappa shape index (κ3) is 3.46. The predicted molar refractivity (Wildman–Crippen MR) is 97.3 cm³/mol. The molecule has 2 amide bonds. The third-order valence-electron chi connectivity index (χ3n) is 4.71. The largest absolute Gasteiger partial charge is 0.489 e. The lowest BCUT2D eigenvalue weighted by molar-refractivity contribution is -0.291. The van der Waals surface area contributed by atoms with E-state index in [0.717, 1.165) is 6.07 Å². The SMILES string of the molecule is CN1C(=O)C(NC(=O)c2nnc3ccc(C(F)(F)C(F)(F)F)nn23)COc2ccccc21.